The van der Waals surface area contributed by atoms with Crippen molar-refractivity contribution >= 4 is 23.2 Å². The minimum Gasteiger partial charge on any atom is -0.496 e. The molecule has 0 radical (unpaired) electrons. The number of benzene rings is 2. The quantitative estimate of drug-likeness (QED) is 0.214. The standard InChI is InChI=1S/C22H17F4N5O2.C4H8O2/c1-27-22(32)20-19(28-10-12-13(23)4-3-5-17(12)33-2)21-29-16(6-7-31(21)30-20)11-8-14(24)18(26)15(25)9-11;1-2-3-4(5)6/h3-9,28H,10H2,1-2H3,(H,27,32);2-3H2,1H3,(H,5,6). The second-order valence-electron chi connectivity index (χ2n) is 8.06. The number of nitrogens with one attached hydrogen (secondary N) is 2. The van der Waals surface area contributed by atoms with Crippen LogP contribution in [0, 0.1) is 23.3 Å². The van der Waals surface area contributed by atoms with Gasteiger partial charge in [-0.2, -0.15) is 5.10 Å². The third-order valence-electron chi connectivity index (χ3n) is 5.41. The highest BCUT2D eigenvalue weighted by atomic mass is 19.2. The number of hydrogen-bond donors (Lipinski definition) is 3. The Kier molecular flexibility index (Phi) is 9.42. The summed E-state index contributed by atoms with van der Waals surface area (Å²) in [5.41, 5.74) is 0.555. The fourth-order valence-corrected chi connectivity index (χ4v) is 3.53. The van der Waals surface area contributed by atoms with Crippen LogP contribution in [0.25, 0.3) is 16.9 Å². The Morgan fingerprint density at radius 2 is 1.77 bits per heavy atom. The van der Waals surface area contributed by atoms with Crippen molar-refractivity contribution in [2.75, 3.05) is 19.5 Å². The van der Waals surface area contributed by atoms with E-state index in [1.165, 1.54) is 43.1 Å². The highest BCUT2D eigenvalue weighted by molar-refractivity contribution is 6.01. The molecular formula is C26H25F4N5O4. The van der Waals surface area contributed by atoms with Crippen molar-refractivity contribution < 1.29 is 37.0 Å². The molecule has 3 N–H and O–H groups in total. The smallest absolute Gasteiger partial charge is 0.303 e. The van der Waals surface area contributed by atoms with E-state index in [2.05, 4.69) is 20.7 Å². The van der Waals surface area contributed by atoms with Crippen LogP contribution in [0.15, 0.2) is 42.6 Å². The van der Waals surface area contributed by atoms with Crippen LogP contribution in [0.2, 0.25) is 0 Å². The van der Waals surface area contributed by atoms with Gasteiger partial charge in [0, 0.05) is 37.3 Å². The molecule has 2 aromatic carbocycles. The van der Waals surface area contributed by atoms with Gasteiger partial charge in [0.1, 0.15) is 17.3 Å². The molecule has 0 saturated carbocycles. The minimum absolute atomic E-state index is 0.0154. The summed E-state index contributed by atoms with van der Waals surface area (Å²) in [6.07, 6.45) is 2.45. The number of nitrogens with zero attached hydrogens (tertiary/aromatic N) is 3. The average molecular weight is 548 g/mol. The molecule has 4 rings (SSSR count). The maximum atomic E-state index is 14.4. The second kappa shape index (κ2) is 12.7. The number of carbonyl (C=O) groups excluding carboxylic acids is 1. The number of carboxylic acid groups (broad SMARTS) is 1. The van der Waals surface area contributed by atoms with E-state index in [4.69, 9.17) is 9.84 Å². The summed E-state index contributed by atoms with van der Waals surface area (Å²) in [6.45, 7) is 1.76. The molecular weight excluding hydrogens is 522 g/mol. The minimum atomic E-state index is -1.59. The van der Waals surface area contributed by atoms with Gasteiger partial charge >= 0.3 is 5.97 Å². The van der Waals surface area contributed by atoms with Crippen LogP contribution >= 0.6 is 0 Å². The number of halogens is 4. The van der Waals surface area contributed by atoms with Crippen LogP contribution < -0.4 is 15.4 Å². The van der Waals surface area contributed by atoms with E-state index in [1.54, 1.807) is 6.07 Å². The molecule has 0 saturated heterocycles. The third-order valence-corrected chi connectivity index (χ3v) is 5.41. The number of carbonyl (C=O) groups is 2. The van der Waals surface area contributed by atoms with E-state index < -0.39 is 35.1 Å². The molecule has 0 spiro atoms. The van der Waals surface area contributed by atoms with Crippen LogP contribution in [0.5, 0.6) is 5.75 Å². The number of hydrogen-bond acceptors (Lipinski definition) is 6. The maximum Gasteiger partial charge on any atom is 0.303 e. The Morgan fingerprint density at radius 3 is 2.33 bits per heavy atom. The van der Waals surface area contributed by atoms with Crippen molar-refractivity contribution in [3.8, 4) is 17.0 Å². The third kappa shape index (κ3) is 6.61. The number of aliphatic carboxylic acids is 1. The van der Waals surface area contributed by atoms with Gasteiger partial charge < -0.3 is 20.5 Å². The first-order valence-electron chi connectivity index (χ1n) is 11.6. The Balaban J connectivity index is 0.000000631. The van der Waals surface area contributed by atoms with Gasteiger partial charge in [0.25, 0.3) is 5.91 Å². The van der Waals surface area contributed by atoms with Gasteiger partial charge in [-0.15, -0.1) is 0 Å². The lowest BCUT2D eigenvalue weighted by atomic mass is 10.1. The first-order valence-corrected chi connectivity index (χ1v) is 11.6. The van der Waals surface area contributed by atoms with Gasteiger partial charge in [-0.05, 0) is 36.8 Å². The molecule has 1 amide bonds. The van der Waals surface area contributed by atoms with E-state index in [-0.39, 0.29) is 40.4 Å². The number of carboxylic acids is 1. The lowest BCUT2D eigenvalue weighted by Gasteiger charge is -2.11. The summed E-state index contributed by atoms with van der Waals surface area (Å²) >= 11 is 0. The van der Waals surface area contributed by atoms with Crippen molar-refractivity contribution in [2.45, 2.75) is 26.3 Å². The Hall–Kier alpha value is -4.68. The van der Waals surface area contributed by atoms with E-state index in [0.29, 0.717) is 12.2 Å². The molecule has 0 aliphatic carbocycles. The Morgan fingerprint density at radius 1 is 1.08 bits per heavy atom. The average Bonchev–Trinajstić information content (AvgIpc) is 3.28. The number of fused-ring (bicyclic) bond motifs is 1. The predicted octanol–water partition coefficient (Wildman–Crippen LogP) is 4.80. The molecule has 9 nitrogen and oxygen atoms in total. The largest absolute Gasteiger partial charge is 0.496 e. The molecule has 0 aliphatic heterocycles. The van der Waals surface area contributed by atoms with Crippen molar-refractivity contribution in [3.63, 3.8) is 0 Å². The topological polar surface area (TPSA) is 118 Å². The number of anilines is 1. The lowest BCUT2D eigenvalue weighted by molar-refractivity contribution is -0.137. The molecule has 4 aromatic rings. The normalized spacial score (nSPS) is 10.5. The van der Waals surface area contributed by atoms with Crippen LogP contribution in [0.3, 0.4) is 0 Å². The zero-order valence-corrected chi connectivity index (χ0v) is 21.2. The van der Waals surface area contributed by atoms with Crippen LogP contribution in [-0.4, -0.2) is 45.7 Å². The highest BCUT2D eigenvalue weighted by Gasteiger charge is 2.22. The number of rotatable bonds is 8. The van der Waals surface area contributed by atoms with Gasteiger partial charge in [-0.3, -0.25) is 9.59 Å². The highest BCUT2D eigenvalue weighted by Crippen LogP contribution is 2.28. The molecule has 0 atom stereocenters. The number of aromatic nitrogens is 3. The van der Waals surface area contributed by atoms with Crippen molar-refractivity contribution in [1.82, 2.24) is 19.9 Å². The summed E-state index contributed by atoms with van der Waals surface area (Å²) in [6, 6.07) is 7.38. The van der Waals surface area contributed by atoms with E-state index in [0.717, 1.165) is 18.6 Å². The van der Waals surface area contributed by atoms with Gasteiger partial charge in [0.2, 0.25) is 0 Å². The zero-order valence-electron chi connectivity index (χ0n) is 21.2. The van der Waals surface area contributed by atoms with Crippen LogP contribution in [0.4, 0.5) is 23.2 Å². The molecule has 13 heteroatoms. The van der Waals surface area contributed by atoms with Gasteiger partial charge in [0.05, 0.1) is 12.8 Å². The Labute approximate surface area is 220 Å². The monoisotopic (exact) mass is 547 g/mol. The van der Waals surface area contributed by atoms with Crippen molar-refractivity contribution in [2.24, 2.45) is 0 Å². The van der Waals surface area contributed by atoms with E-state index in [1.807, 2.05) is 6.92 Å². The summed E-state index contributed by atoms with van der Waals surface area (Å²) in [7, 11) is 2.82. The summed E-state index contributed by atoms with van der Waals surface area (Å²) in [4.78, 5) is 26.3. The molecule has 39 heavy (non-hydrogen) atoms. The maximum absolute atomic E-state index is 14.4. The zero-order chi connectivity index (χ0) is 28.7. The summed E-state index contributed by atoms with van der Waals surface area (Å²) < 4.78 is 61.6. The fraction of sp³-hybridized carbons (Fsp3) is 0.231. The molecule has 0 unspecified atom stereocenters. The summed E-state index contributed by atoms with van der Waals surface area (Å²) in [5, 5.41) is 17.5. The SMILES string of the molecule is CCCC(=O)O.CNC(=O)c1nn2ccc(-c3cc(F)c(F)c(F)c3)nc2c1NCc1c(F)cccc1OC. The molecule has 2 aromatic heterocycles. The molecule has 0 bridgehead atoms. The number of amides is 1. The van der Waals surface area contributed by atoms with E-state index in [9.17, 15) is 27.2 Å². The molecule has 0 aliphatic rings. The van der Waals surface area contributed by atoms with Crippen molar-refractivity contribution in [1.29, 1.82) is 0 Å². The Bertz CT molecular complexity index is 1490. The first-order chi connectivity index (χ1) is 18.6. The number of methoxy groups -OCH3 is 1. The summed E-state index contributed by atoms with van der Waals surface area (Å²) in [5.74, 6) is -5.79. The second-order valence-corrected chi connectivity index (χ2v) is 8.06. The van der Waals surface area contributed by atoms with Crippen molar-refractivity contribution in [3.05, 3.63) is 77.1 Å². The van der Waals surface area contributed by atoms with Crippen LogP contribution in [0.1, 0.15) is 35.8 Å². The lowest BCUT2D eigenvalue weighted by Crippen LogP contribution is -2.20. The van der Waals surface area contributed by atoms with Gasteiger partial charge in [-0.25, -0.2) is 27.1 Å². The molecule has 2 heterocycles. The first kappa shape index (κ1) is 28.9. The number of ether oxygens (including phenoxy) is 1. The van der Waals surface area contributed by atoms with Gasteiger partial charge in [0.15, 0.2) is 28.8 Å². The predicted molar refractivity (Wildman–Crippen MR) is 135 cm³/mol. The fourth-order valence-electron chi connectivity index (χ4n) is 3.53. The molecule has 206 valence electrons. The van der Waals surface area contributed by atoms with Crippen LogP contribution in [-0.2, 0) is 11.3 Å². The van der Waals surface area contributed by atoms with Gasteiger partial charge in [-0.1, -0.05) is 13.0 Å². The van der Waals surface area contributed by atoms with E-state index >= 15 is 0 Å². The molecule has 0 fully saturated rings.